The first kappa shape index (κ1) is 14.1. The van der Waals surface area contributed by atoms with Crippen molar-refractivity contribution in [1.82, 2.24) is 5.32 Å². The van der Waals surface area contributed by atoms with Gasteiger partial charge in [0.05, 0.1) is 0 Å². The molecular weight excluding hydrogens is 238 g/mol. The van der Waals surface area contributed by atoms with Gasteiger partial charge in [-0.2, -0.15) is 0 Å². The fourth-order valence-corrected chi connectivity index (χ4v) is 4.00. The first-order chi connectivity index (χ1) is 8.83. The van der Waals surface area contributed by atoms with Crippen LogP contribution in [0.1, 0.15) is 69.7 Å². The average molecular weight is 265 g/mol. The van der Waals surface area contributed by atoms with Crippen LogP contribution in [0.2, 0.25) is 0 Å². The minimum absolute atomic E-state index is 0.577. The molecule has 102 valence electrons. The van der Waals surface area contributed by atoms with E-state index in [1.165, 1.54) is 49.8 Å². The second kappa shape index (κ2) is 7.30. The summed E-state index contributed by atoms with van der Waals surface area (Å²) in [6.07, 6.45) is 9.61. The highest BCUT2D eigenvalue weighted by molar-refractivity contribution is 7.10. The minimum Gasteiger partial charge on any atom is -0.306 e. The number of hydrogen-bond donors (Lipinski definition) is 1. The van der Waals surface area contributed by atoms with E-state index in [2.05, 4.69) is 36.7 Å². The summed E-state index contributed by atoms with van der Waals surface area (Å²) in [6.45, 7) is 4.64. The van der Waals surface area contributed by atoms with Gasteiger partial charge < -0.3 is 5.32 Å². The maximum absolute atomic E-state index is 3.90. The van der Waals surface area contributed by atoms with Crippen LogP contribution in [-0.4, -0.2) is 6.04 Å². The molecule has 3 atom stereocenters. The molecule has 1 aromatic heterocycles. The zero-order valence-corrected chi connectivity index (χ0v) is 12.6. The van der Waals surface area contributed by atoms with Crippen LogP contribution < -0.4 is 5.32 Å². The van der Waals surface area contributed by atoms with E-state index in [1.54, 1.807) is 0 Å². The average Bonchev–Trinajstić information content (AvgIpc) is 2.83. The Bertz CT molecular complexity index is 320. The summed E-state index contributed by atoms with van der Waals surface area (Å²) in [6, 6.07) is 5.77. The summed E-state index contributed by atoms with van der Waals surface area (Å²) >= 11 is 1.89. The van der Waals surface area contributed by atoms with Crippen LogP contribution in [-0.2, 0) is 0 Å². The molecule has 0 amide bonds. The zero-order valence-electron chi connectivity index (χ0n) is 11.8. The lowest BCUT2D eigenvalue weighted by Gasteiger charge is -2.23. The molecule has 1 aliphatic rings. The van der Waals surface area contributed by atoms with E-state index >= 15 is 0 Å². The Morgan fingerprint density at radius 1 is 1.28 bits per heavy atom. The van der Waals surface area contributed by atoms with Crippen LogP contribution in [0, 0.1) is 5.92 Å². The predicted octanol–water partition coefficient (Wildman–Crippen LogP) is 5.15. The zero-order chi connectivity index (χ0) is 12.8. The Kier molecular flexibility index (Phi) is 5.71. The molecule has 1 aromatic rings. The highest BCUT2D eigenvalue weighted by atomic mass is 32.1. The molecule has 1 N–H and O–H groups in total. The lowest BCUT2D eigenvalue weighted by molar-refractivity contribution is 0.385. The second-order valence-electron chi connectivity index (χ2n) is 5.62. The first-order valence-corrected chi connectivity index (χ1v) is 8.50. The molecule has 2 rings (SSSR count). The summed E-state index contributed by atoms with van der Waals surface area (Å²) in [4.78, 5) is 1.51. The van der Waals surface area contributed by atoms with E-state index < -0.39 is 0 Å². The van der Waals surface area contributed by atoms with E-state index in [-0.39, 0.29) is 0 Å². The van der Waals surface area contributed by atoms with Gasteiger partial charge in [0.15, 0.2) is 0 Å². The quantitative estimate of drug-likeness (QED) is 0.726. The number of rotatable bonds is 5. The molecule has 1 aliphatic carbocycles. The van der Waals surface area contributed by atoms with Gasteiger partial charge in [0.2, 0.25) is 0 Å². The maximum atomic E-state index is 3.90. The Morgan fingerprint density at radius 3 is 2.83 bits per heavy atom. The summed E-state index contributed by atoms with van der Waals surface area (Å²) in [5.74, 6) is 0.985. The van der Waals surface area contributed by atoms with Crippen molar-refractivity contribution < 1.29 is 0 Å². The molecule has 0 aliphatic heterocycles. The van der Waals surface area contributed by atoms with Crippen molar-refractivity contribution in [3.8, 4) is 0 Å². The minimum atomic E-state index is 0.577. The van der Waals surface area contributed by atoms with Crippen molar-refractivity contribution in [3.05, 3.63) is 22.4 Å². The highest BCUT2D eigenvalue weighted by Crippen LogP contribution is 2.28. The van der Waals surface area contributed by atoms with Crippen LogP contribution >= 0.6 is 11.3 Å². The smallest absolute Gasteiger partial charge is 0.0414 e. The summed E-state index contributed by atoms with van der Waals surface area (Å²) < 4.78 is 0. The molecule has 0 radical (unpaired) electrons. The van der Waals surface area contributed by atoms with Gasteiger partial charge in [-0.05, 0) is 43.0 Å². The van der Waals surface area contributed by atoms with Crippen LogP contribution in [0.25, 0.3) is 0 Å². The molecule has 1 saturated carbocycles. The van der Waals surface area contributed by atoms with Crippen molar-refractivity contribution in [3.63, 3.8) is 0 Å². The van der Waals surface area contributed by atoms with Crippen molar-refractivity contribution in [2.45, 2.75) is 70.9 Å². The van der Waals surface area contributed by atoms with E-state index in [4.69, 9.17) is 0 Å². The third-order valence-electron chi connectivity index (χ3n) is 4.40. The van der Waals surface area contributed by atoms with Crippen molar-refractivity contribution in [2.75, 3.05) is 0 Å². The van der Waals surface area contributed by atoms with Gasteiger partial charge in [-0.3, -0.25) is 0 Å². The van der Waals surface area contributed by atoms with Crippen LogP contribution in [0.3, 0.4) is 0 Å². The van der Waals surface area contributed by atoms with Gasteiger partial charge in [0.1, 0.15) is 0 Å². The predicted molar refractivity (Wildman–Crippen MR) is 81.1 cm³/mol. The van der Waals surface area contributed by atoms with Crippen molar-refractivity contribution in [1.29, 1.82) is 0 Å². The standard InChI is InChI=1S/C16H27NS/c1-3-13-7-5-8-14(11-10-13)17-15(4-2)16-9-6-12-18-16/h6,9,12-15,17H,3-5,7-8,10-11H2,1-2H3. The Hall–Kier alpha value is -0.340. The molecule has 1 nitrogen and oxygen atoms in total. The van der Waals surface area contributed by atoms with E-state index in [9.17, 15) is 0 Å². The lowest BCUT2D eigenvalue weighted by atomic mass is 9.97. The third-order valence-corrected chi connectivity index (χ3v) is 5.38. The van der Waals surface area contributed by atoms with Crippen molar-refractivity contribution >= 4 is 11.3 Å². The van der Waals surface area contributed by atoms with Crippen molar-refractivity contribution in [2.24, 2.45) is 5.92 Å². The largest absolute Gasteiger partial charge is 0.306 e. The maximum Gasteiger partial charge on any atom is 0.0414 e. The normalized spacial score (nSPS) is 26.8. The van der Waals surface area contributed by atoms with Crippen LogP contribution in [0.4, 0.5) is 0 Å². The monoisotopic (exact) mass is 265 g/mol. The van der Waals surface area contributed by atoms with E-state index in [1.807, 2.05) is 11.3 Å². The van der Waals surface area contributed by atoms with Crippen LogP contribution in [0.5, 0.6) is 0 Å². The third kappa shape index (κ3) is 3.83. The molecule has 1 heterocycles. The van der Waals surface area contributed by atoms with E-state index in [0.29, 0.717) is 6.04 Å². The number of nitrogens with one attached hydrogen (secondary N) is 1. The van der Waals surface area contributed by atoms with Crippen LogP contribution in [0.15, 0.2) is 17.5 Å². The second-order valence-corrected chi connectivity index (χ2v) is 6.60. The van der Waals surface area contributed by atoms with Gasteiger partial charge in [-0.25, -0.2) is 0 Å². The Morgan fingerprint density at radius 2 is 2.17 bits per heavy atom. The van der Waals surface area contributed by atoms with Gasteiger partial charge in [-0.1, -0.05) is 39.2 Å². The number of hydrogen-bond acceptors (Lipinski definition) is 2. The van der Waals surface area contributed by atoms with Gasteiger partial charge in [0, 0.05) is 17.0 Å². The molecule has 18 heavy (non-hydrogen) atoms. The highest BCUT2D eigenvalue weighted by Gasteiger charge is 2.20. The molecule has 2 heteroatoms. The SMILES string of the molecule is CCC1CCCC(NC(CC)c2cccs2)CC1. The summed E-state index contributed by atoms with van der Waals surface area (Å²) in [5.41, 5.74) is 0. The summed E-state index contributed by atoms with van der Waals surface area (Å²) in [7, 11) is 0. The topological polar surface area (TPSA) is 12.0 Å². The Balaban J connectivity index is 1.88. The fraction of sp³-hybridized carbons (Fsp3) is 0.750. The molecule has 1 fully saturated rings. The molecule has 0 saturated heterocycles. The van der Waals surface area contributed by atoms with E-state index in [0.717, 1.165) is 12.0 Å². The molecule has 0 aromatic carbocycles. The van der Waals surface area contributed by atoms with Gasteiger partial charge in [0.25, 0.3) is 0 Å². The molecular formula is C16H27NS. The molecule has 0 spiro atoms. The fourth-order valence-electron chi connectivity index (χ4n) is 3.13. The Labute approximate surface area is 116 Å². The van der Waals surface area contributed by atoms with Gasteiger partial charge in [-0.15, -0.1) is 11.3 Å². The molecule has 3 unspecified atom stereocenters. The van der Waals surface area contributed by atoms with Gasteiger partial charge >= 0.3 is 0 Å². The molecule has 0 bridgehead atoms. The lowest BCUT2D eigenvalue weighted by Crippen LogP contribution is -2.31. The number of thiophene rings is 1. The first-order valence-electron chi connectivity index (χ1n) is 7.62. The summed E-state index contributed by atoms with van der Waals surface area (Å²) in [5, 5.41) is 6.10.